The van der Waals surface area contributed by atoms with Gasteiger partial charge in [-0.15, -0.1) is 0 Å². The van der Waals surface area contributed by atoms with Crippen molar-refractivity contribution in [1.29, 1.82) is 0 Å². The minimum atomic E-state index is -0.673. The van der Waals surface area contributed by atoms with Crippen LogP contribution in [0.4, 0.5) is 16.2 Å². The molecule has 7 nitrogen and oxygen atoms in total. The highest BCUT2D eigenvalue weighted by molar-refractivity contribution is 6.34. The van der Waals surface area contributed by atoms with E-state index in [0.29, 0.717) is 11.6 Å². The summed E-state index contributed by atoms with van der Waals surface area (Å²) in [6.45, 7) is 1.86. The lowest BCUT2D eigenvalue weighted by atomic mass is 9.89. The van der Waals surface area contributed by atoms with Gasteiger partial charge in [0, 0.05) is 30.9 Å². The Hall–Kier alpha value is -3.58. The lowest BCUT2D eigenvalue weighted by molar-refractivity contribution is 0.0967. The van der Waals surface area contributed by atoms with Gasteiger partial charge in [0.1, 0.15) is 5.75 Å². The summed E-state index contributed by atoms with van der Waals surface area (Å²) in [6, 6.07) is 11.7. The first-order valence-electron chi connectivity index (χ1n) is 11.2. The first-order valence-corrected chi connectivity index (χ1v) is 11.5. The highest BCUT2D eigenvalue weighted by Crippen LogP contribution is 2.38. The summed E-state index contributed by atoms with van der Waals surface area (Å²) in [4.78, 5) is 31.1. The summed E-state index contributed by atoms with van der Waals surface area (Å²) in [5.41, 5.74) is 5.23. The molecule has 0 saturated heterocycles. The number of aromatic nitrogens is 1. The zero-order valence-electron chi connectivity index (χ0n) is 19.4. The number of hydrogen-bond donors (Lipinski definition) is 2. The van der Waals surface area contributed by atoms with Crippen molar-refractivity contribution < 1.29 is 14.3 Å². The average Bonchev–Trinajstić information content (AvgIpc) is 2.81. The van der Waals surface area contributed by atoms with Crippen molar-refractivity contribution in [3.63, 3.8) is 0 Å². The van der Waals surface area contributed by atoms with Gasteiger partial charge in [-0.25, -0.2) is 9.78 Å². The number of amides is 3. The molecule has 0 bridgehead atoms. The molecule has 2 aromatic carbocycles. The van der Waals surface area contributed by atoms with Crippen LogP contribution >= 0.6 is 11.6 Å². The van der Waals surface area contributed by atoms with Crippen LogP contribution in [0.3, 0.4) is 0 Å². The number of nitrogens with zero attached hydrogens (tertiary/aromatic N) is 2. The molecule has 8 heteroatoms. The van der Waals surface area contributed by atoms with E-state index in [1.807, 2.05) is 13.0 Å². The maximum atomic E-state index is 12.3. The van der Waals surface area contributed by atoms with E-state index in [9.17, 15) is 9.59 Å². The third-order valence-electron chi connectivity index (χ3n) is 5.79. The number of ether oxygens (including phenoxy) is 1. The smallest absolute Gasteiger partial charge is 0.326 e. The summed E-state index contributed by atoms with van der Waals surface area (Å²) < 4.78 is 6.21. The topological polar surface area (TPSA) is 83.6 Å². The average molecular weight is 479 g/mol. The quantitative estimate of drug-likeness (QED) is 0.488. The van der Waals surface area contributed by atoms with Crippen LogP contribution < -0.4 is 20.3 Å². The minimum Gasteiger partial charge on any atom is -0.438 e. The van der Waals surface area contributed by atoms with Gasteiger partial charge in [-0.2, -0.15) is 0 Å². The fraction of sp³-hybridized carbons (Fsp3) is 0.269. The summed E-state index contributed by atoms with van der Waals surface area (Å²) in [6.07, 6.45) is 5.83. The molecule has 0 aliphatic heterocycles. The number of hydrogen-bond acceptors (Lipinski definition) is 5. The monoisotopic (exact) mass is 478 g/mol. The number of urea groups is 1. The van der Waals surface area contributed by atoms with E-state index in [1.54, 1.807) is 30.3 Å². The van der Waals surface area contributed by atoms with Crippen molar-refractivity contribution in [1.82, 2.24) is 10.3 Å². The largest absolute Gasteiger partial charge is 0.438 e. The van der Waals surface area contributed by atoms with Crippen LogP contribution in [0.5, 0.6) is 11.6 Å². The molecule has 0 fully saturated rings. The Labute approximate surface area is 204 Å². The molecule has 0 spiro atoms. The first-order chi connectivity index (χ1) is 16.3. The summed E-state index contributed by atoms with van der Waals surface area (Å²) >= 11 is 6.02. The Bertz CT molecular complexity index is 1240. The molecule has 3 amide bonds. The Balaban J connectivity index is 1.46. The second kappa shape index (κ2) is 10.1. The predicted molar refractivity (Wildman–Crippen MR) is 134 cm³/mol. The van der Waals surface area contributed by atoms with Gasteiger partial charge in [-0.3, -0.25) is 10.1 Å². The Morgan fingerprint density at radius 2 is 1.79 bits per heavy atom. The second-order valence-electron chi connectivity index (χ2n) is 8.48. The van der Waals surface area contributed by atoms with Crippen molar-refractivity contribution >= 4 is 34.9 Å². The van der Waals surface area contributed by atoms with Gasteiger partial charge >= 0.3 is 6.03 Å². The number of rotatable bonds is 5. The van der Waals surface area contributed by atoms with Crippen LogP contribution in [-0.2, 0) is 12.8 Å². The van der Waals surface area contributed by atoms with Gasteiger partial charge in [0.25, 0.3) is 5.91 Å². The fourth-order valence-electron chi connectivity index (χ4n) is 4.15. The summed E-state index contributed by atoms with van der Waals surface area (Å²) in [5, 5.41) is 5.17. The number of aryl methyl sites for hydroxylation is 1. The second-order valence-corrected chi connectivity index (χ2v) is 8.88. The van der Waals surface area contributed by atoms with Crippen LogP contribution in [0, 0.1) is 6.92 Å². The van der Waals surface area contributed by atoms with Crippen molar-refractivity contribution in [2.45, 2.75) is 32.6 Å². The first kappa shape index (κ1) is 23.6. The zero-order valence-corrected chi connectivity index (χ0v) is 20.2. The molecule has 0 radical (unpaired) electrons. The summed E-state index contributed by atoms with van der Waals surface area (Å²) in [7, 11) is 4.11. The van der Waals surface area contributed by atoms with Gasteiger partial charge in [0.05, 0.1) is 22.5 Å². The number of carbonyl (C=O) groups is 2. The molecule has 0 unspecified atom stereocenters. The predicted octanol–water partition coefficient (Wildman–Crippen LogP) is 5.74. The normalized spacial score (nSPS) is 12.5. The van der Waals surface area contributed by atoms with Crippen LogP contribution in [0.1, 0.15) is 39.9 Å². The SMILES string of the molecule is Cc1cc(NC(=O)NC(=O)c2ccccc2Cl)cnc1Oc1ccc(N(C)C)c2c1CCCC2. The van der Waals surface area contributed by atoms with Crippen molar-refractivity contribution in [3.05, 3.63) is 75.9 Å². The van der Waals surface area contributed by atoms with Gasteiger partial charge in [-0.1, -0.05) is 23.7 Å². The standard InChI is InChI=1S/C26H27ClN4O3/c1-16-14-17(29-26(33)30-24(32)20-10-6-7-11-21(20)27)15-28-25(16)34-23-13-12-22(31(2)3)18-8-4-5-9-19(18)23/h6-7,10-15H,4-5,8-9H2,1-3H3,(H2,29,30,32,33). The zero-order chi connectivity index (χ0) is 24.2. The van der Waals surface area contributed by atoms with Crippen LogP contribution in [0.2, 0.25) is 5.02 Å². The maximum Gasteiger partial charge on any atom is 0.326 e. The summed E-state index contributed by atoms with van der Waals surface area (Å²) in [5.74, 6) is 0.710. The number of pyridine rings is 1. The van der Waals surface area contributed by atoms with Crippen LogP contribution in [0.25, 0.3) is 0 Å². The fourth-order valence-corrected chi connectivity index (χ4v) is 4.37. The molecular formula is C26H27ClN4O3. The third kappa shape index (κ3) is 5.15. The van der Waals surface area contributed by atoms with Gasteiger partial charge in [0.2, 0.25) is 5.88 Å². The van der Waals surface area contributed by atoms with Gasteiger partial charge in [0.15, 0.2) is 0 Å². The lowest BCUT2D eigenvalue weighted by Crippen LogP contribution is -2.34. The van der Waals surface area contributed by atoms with Crippen molar-refractivity contribution in [2.24, 2.45) is 0 Å². The van der Waals surface area contributed by atoms with E-state index in [0.717, 1.165) is 30.6 Å². The lowest BCUT2D eigenvalue weighted by Gasteiger charge is -2.26. The van der Waals surface area contributed by atoms with Crippen LogP contribution in [-0.4, -0.2) is 31.0 Å². The number of fused-ring (bicyclic) bond motifs is 1. The van der Waals surface area contributed by atoms with E-state index in [4.69, 9.17) is 16.3 Å². The number of carbonyl (C=O) groups excluding carboxylic acids is 2. The highest BCUT2D eigenvalue weighted by atomic mass is 35.5. The van der Waals surface area contributed by atoms with Gasteiger partial charge < -0.3 is 15.0 Å². The molecule has 0 atom stereocenters. The Morgan fingerprint density at radius 3 is 2.50 bits per heavy atom. The Morgan fingerprint density at radius 1 is 1.06 bits per heavy atom. The van der Waals surface area contributed by atoms with E-state index >= 15 is 0 Å². The Kier molecular flexibility index (Phi) is 7.03. The number of imide groups is 1. The molecule has 34 heavy (non-hydrogen) atoms. The van der Waals surface area contributed by atoms with Gasteiger partial charge in [-0.05, 0) is 68.5 Å². The number of benzene rings is 2. The molecule has 1 aliphatic carbocycles. The van der Waals surface area contributed by atoms with E-state index in [-0.39, 0.29) is 10.6 Å². The maximum absolute atomic E-state index is 12.3. The third-order valence-corrected chi connectivity index (χ3v) is 6.12. The number of halogens is 1. The van der Waals surface area contributed by atoms with Crippen molar-refractivity contribution in [2.75, 3.05) is 24.3 Å². The number of anilines is 2. The molecule has 0 saturated carbocycles. The number of nitrogens with one attached hydrogen (secondary N) is 2. The van der Waals surface area contributed by atoms with E-state index in [2.05, 4.69) is 40.7 Å². The molecule has 1 aliphatic rings. The van der Waals surface area contributed by atoms with E-state index in [1.165, 1.54) is 29.4 Å². The van der Waals surface area contributed by atoms with Crippen molar-refractivity contribution in [3.8, 4) is 11.6 Å². The highest BCUT2D eigenvalue weighted by Gasteiger charge is 2.20. The molecular weight excluding hydrogens is 452 g/mol. The molecule has 1 heterocycles. The molecule has 3 aromatic rings. The molecule has 2 N–H and O–H groups in total. The van der Waals surface area contributed by atoms with Crippen LogP contribution in [0.15, 0.2) is 48.7 Å². The molecule has 176 valence electrons. The minimum absolute atomic E-state index is 0.223. The molecule has 1 aromatic heterocycles. The molecule has 4 rings (SSSR count). The van der Waals surface area contributed by atoms with E-state index < -0.39 is 11.9 Å².